The summed E-state index contributed by atoms with van der Waals surface area (Å²) in [6.07, 6.45) is 0. The first-order valence-electron chi connectivity index (χ1n) is 7.07. The average molecular weight is 376 g/mol. The molecule has 0 aliphatic carbocycles. The van der Waals surface area contributed by atoms with E-state index in [2.05, 4.69) is 5.10 Å². The molecule has 0 amide bonds. The fourth-order valence-corrected chi connectivity index (χ4v) is 4.43. The predicted molar refractivity (Wildman–Crippen MR) is 99.7 cm³/mol. The van der Waals surface area contributed by atoms with Gasteiger partial charge in [-0.05, 0) is 36.3 Å². The maximum atomic E-state index is 10.7. The Labute approximate surface area is 152 Å². The molecule has 1 aromatic heterocycles. The molecule has 0 N–H and O–H groups in total. The quantitative estimate of drug-likeness (QED) is 0.266. The monoisotopic (exact) mass is 375 g/mol. The van der Waals surface area contributed by atoms with Crippen molar-refractivity contribution in [1.29, 1.82) is 0 Å². The molecule has 3 rings (SSSR count). The zero-order valence-corrected chi connectivity index (χ0v) is 15.2. The Morgan fingerprint density at radius 1 is 1.25 bits per heavy atom. The molecule has 0 bridgehead atoms. The maximum Gasteiger partial charge on any atom is 0.269 e. The van der Waals surface area contributed by atoms with Crippen LogP contribution in [0.5, 0.6) is 0 Å². The third kappa shape index (κ3) is 3.72. The third-order valence-corrected chi connectivity index (χ3v) is 5.82. The van der Waals surface area contributed by atoms with Gasteiger partial charge in [-0.2, -0.15) is 0 Å². The number of nitro groups is 1. The minimum Gasteiger partial charge on any atom is -0.258 e. The molecule has 24 heavy (non-hydrogen) atoms. The summed E-state index contributed by atoms with van der Waals surface area (Å²) in [7, 11) is 0. The molecule has 0 aliphatic rings. The minimum atomic E-state index is -0.396. The number of para-hydroxylation sites is 1. The molecule has 3 aromatic rings. The van der Waals surface area contributed by atoms with E-state index in [0.717, 1.165) is 21.2 Å². The van der Waals surface area contributed by atoms with E-state index in [-0.39, 0.29) is 5.69 Å². The molecule has 1 heterocycles. The number of nitro benzene ring substituents is 1. The highest BCUT2D eigenvalue weighted by Crippen LogP contribution is 2.28. The van der Waals surface area contributed by atoms with Crippen molar-refractivity contribution in [2.45, 2.75) is 17.0 Å². The van der Waals surface area contributed by atoms with E-state index in [1.165, 1.54) is 23.5 Å². The number of hydrogen-bond acceptors (Lipinski definition) is 6. The van der Waals surface area contributed by atoms with Gasteiger partial charge in [-0.25, -0.2) is 4.68 Å². The lowest BCUT2D eigenvalue weighted by Crippen LogP contribution is -1.98. The molecule has 0 saturated heterocycles. The first-order chi connectivity index (χ1) is 11.5. The van der Waals surface area contributed by atoms with E-state index in [1.807, 2.05) is 31.2 Å². The molecule has 2 aromatic carbocycles. The van der Waals surface area contributed by atoms with Gasteiger partial charge in [0, 0.05) is 17.9 Å². The summed E-state index contributed by atoms with van der Waals surface area (Å²) in [6, 6.07) is 14.5. The number of aryl methyl sites for hydroxylation is 1. The van der Waals surface area contributed by atoms with Gasteiger partial charge in [0.25, 0.3) is 5.69 Å². The lowest BCUT2D eigenvalue weighted by Gasteiger charge is -2.04. The second-order valence-electron chi connectivity index (χ2n) is 5.04. The Bertz CT molecular complexity index is 932. The first-order valence-corrected chi connectivity index (χ1v) is 9.28. The van der Waals surface area contributed by atoms with Gasteiger partial charge in [0.2, 0.25) is 0 Å². The molecule has 0 fully saturated rings. The fraction of sp³-hybridized carbons (Fsp3) is 0.125. The maximum absolute atomic E-state index is 10.7. The first kappa shape index (κ1) is 16.8. The second kappa shape index (κ2) is 7.25. The highest BCUT2D eigenvalue weighted by molar-refractivity contribution is 8.00. The smallest absolute Gasteiger partial charge is 0.258 e. The van der Waals surface area contributed by atoms with Gasteiger partial charge < -0.3 is 0 Å². The number of thioether (sulfide) groups is 1. The topological polar surface area (TPSA) is 61.0 Å². The van der Waals surface area contributed by atoms with E-state index in [1.54, 1.807) is 28.6 Å². The summed E-state index contributed by atoms with van der Waals surface area (Å²) in [5.41, 5.74) is 3.21. The van der Waals surface area contributed by atoms with Crippen molar-refractivity contribution in [3.8, 4) is 5.69 Å². The van der Waals surface area contributed by atoms with E-state index >= 15 is 0 Å². The van der Waals surface area contributed by atoms with Crippen molar-refractivity contribution in [2.24, 2.45) is 0 Å². The summed E-state index contributed by atoms with van der Waals surface area (Å²) in [4.78, 5) is 10.3. The number of rotatable bonds is 5. The molecule has 0 atom stereocenters. The van der Waals surface area contributed by atoms with Crippen molar-refractivity contribution >= 4 is 41.0 Å². The van der Waals surface area contributed by atoms with Crippen molar-refractivity contribution in [3.05, 3.63) is 73.7 Å². The molecule has 0 saturated carbocycles. The standard InChI is InChI=1S/C16H13N3O2S3/c1-11-4-2-3-5-14(11)18-16(22)24-15(17-18)23-10-12-6-8-13(9-7-12)19(20)21/h2-9H,10H2,1H3. The second-order valence-corrected chi connectivity index (χ2v) is 7.89. The summed E-state index contributed by atoms with van der Waals surface area (Å²) in [6.45, 7) is 2.03. The number of non-ortho nitro benzene ring substituents is 1. The number of aromatic nitrogens is 2. The Morgan fingerprint density at radius 3 is 2.62 bits per heavy atom. The normalized spacial score (nSPS) is 10.7. The molecule has 0 radical (unpaired) electrons. The van der Waals surface area contributed by atoms with Gasteiger partial charge in [0.1, 0.15) is 0 Å². The zero-order valence-electron chi connectivity index (χ0n) is 12.7. The number of hydrogen-bond donors (Lipinski definition) is 0. The number of benzene rings is 2. The van der Waals surface area contributed by atoms with E-state index < -0.39 is 4.92 Å². The van der Waals surface area contributed by atoms with Gasteiger partial charge in [0.05, 0.1) is 10.6 Å². The largest absolute Gasteiger partial charge is 0.269 e. The van der Waals surface area contributed by atoms with Gasteiger partial charge in [-0.1, -0.05) is 53.4 Å². The zero-order chi connectivity index (χ0) is 17.1. The van der Waals surface area contributed by atoms with Crippen LogP contribution in [0.25, 0.3) is 5.69 Å². The highest BCUT2D eigenvalue weighted by atomic mass is 32.2. The SMILES string of the molecule is Cc1ccccc1-n1nc(SCc2ccc([N+](=O)[O-])cc2)sc1=S. The molecule has 122 valence electrons. The summed E-state index contributed by atoms with van der Waals surface area (Å²) < 4.78 is 3.37. The summed E-state index contributed by atoms with van der Waals surface area (Å²) in [5.74, 6) is 0.689. The van der Waals surface area contributed by atoms with Crippen LogP contribution < -0.4 is 0 Å². The van der Waals surface area contributed by atoms with Crippen LogP contribution >= 0.6 is 35.3 Å². The fourth-order valence-electron chi connectivity index (χ4n) is 2.13. The lowest BCUT2D eigenvalue weighted by molar-refractivity contribution is -0.384. The van der Waals surface area contributed by atoms with Gasteiger partial charge >= 0.3 is 0 Å². The van der Waals surface area contributed by atoms with Crippen molar-refractivity contribution < 1.29 is 4.92 Å². The van der Waals surface area contributed by atoms with Crippen LogP contribution in [0.15, 0.2) is 52.9 Å². The highest BCUT2D eigenvalue weighted by Gasteiger charge is 2.09. The molecule has 8 heteroatoms. The Morgan fingerprint density at radius 2 is 1.96 bits per heavy atom. The molecule has 0 unspecified atom stereocenters. The number of nitrogens with zero attached hydrogens (tertiary/aromatic N) is 3. The molecular weight excluding hydrogens is 362 g/mol. The summed E-state index contributed by atoms with van der Waals surface area (Å²) >= 11 is 8.46. The van der Waals surface area contributed by atoms with Gasteiger partial charge in [-0.3, -0.25) is 10.1 Å². The Kier molecular flexibility index (Phi) is 5.08. The average Bonchev–Trinajstić information content (AvgIpc) is 2.94. The van der Waals surface area contributed by atoms with Crippen LogP contribution in [0, 0.1) is 21.0 Å². The molecule has 0 spiro atoms. The van der Waals surface area contributed by atoms with E-state index in [4.69, 9.17) is 12.2 Å². The van der Waals surface area contributed by atoms with Crippen LogP contribution in [0.2, 0.25) is 0 Å². The summed E-state index contributed by atoms with van der Waals surface area (Å²) in [5, 5.41) is 15.3. The van der Waals surface area contributed by atoms with Crippen LogP contribution in [0.3, 0.4) is 0 Å². The van der Waals surface area contributed by atoms with Gasteiger partial charge in [-0.15, -0.1) is 5.10 Å². The van der Waals surface area contributed by atoms with Gasteiger partial charge in [0.15, 0.2) is 8.29 Å². The predicted octanol–water partition coefficient (Wildman–Crippen LogP) is 5.17. The molecular formula is C16H13N3O2S3. The molecule has 5 nitrogen and oxygen atoms in total. The lowest BCUT2D eigenvalue weighted by atomic mass is 10.2. The van der Waals surface area contributed by atoms with E-state index in [9.17, 15) is 10.1 Å². The van der Waals surface area contributed by atoms with E-state index in [0.29, 0.717) is 9.71 Å². The van der Waals surface area contributed by atoms with Crippen molar-refractivity contribution in [1.82, 2.24) is 9.78 Å². The van der Waals surface area contributed by atoms with Crippen LogP contribution in [-0.4, -0.2) is 14.7 Å². The van der Waals surface area contributed by atoms with Crippen LogP contribution in [-0.2, 0) is 5.75 Å². The third-order valence-electron chi connectivity index (χ3n) is 3.38. The van der Waals surface area contributed by atoms with Crippen molar-refractivity contribution in [3.63, 3.8) is 0 Å². The minimum absolute atomic E-state index is 0.100. The van der Waals surface area contributed by atoms with Crippen molar-refractivity contribution in [2.75, 3.05) is 0 Å². The van der Waals surface area contributed by atoms with Crippen LogP contribution in [0.4, 0.5) is 5.69 Å². The Balaban J connectivity index is 1.75. The Hall–Kier alpha value is -2.03. The van der Waals surface area contributed by atoms with Crippen LogP contribution in [0.1, 0.15) is 11.1 Å². The molecule has 0 aliphatic heterocycles.